The first kappa shape index (κ1) is 12.3. The van der Waals surface area contributed by atoms with E-state index in [0.717, 1.165) is 19.5 Å². The van der Waals surface area contributed by atoms with Gasteiger partial charge in [0.25, 0.3) is 0 Å². The van der Waals surface area contributed by atoms with Crippen molar-refractivity contribution in [1.29, 1.82) is 0 Å². The predicted octanol–water partition coefficient (Wildman–Crippen LogP) is 1.35. The lowest BCUT2D eigenvalue weighted by atomic mass is 9.81. The summed E-state index contributed by atoms with van der Waals surface area (Å²) in [6, 6.07) is 5.15. The molecule has 1 unspecified atom stereocenters. The lowest BCUT2D eigenvalue weighted by molar-refractivity contribution is 0.141. The highest BCUT2D eigenvalue weighted by atomic mass is 19.1. The zero-order valence-electron chi connectivity index (χ0n) is 10.0. The van der Waals surface area contributed by atoms with Gasteiger partial charge in [-0.1, -0.05) is 12.1 Å². The maximum Gasteiger partial charge on any atom is 0.168 e. The molecule has 3 nitrogen and oxygen atoms in total. The molecule has 2 N–H and O–H groups in total. The number of hydrogen-bond donors (Lipinski definition) is 2. The second-order valence-electron chi connectivity index (χ2n) is 4.70. The number of ether oxygens (including phenoxy) is 1. The summed E-state index contributed by atoms with van der Waals surface area (Å²) >= 11 is 0. The van der Waals surface area contributed by atoms with Gasteiger partial charge in [0.1, 0.15) is 0 Å². The van der Waals surface area contributed by atoms with Crippen molar-refractivity contribution in [1.82, 2.24) is 5.32 Å². The Morgan fingerprint density at radius 2 is 2.35 bits per heavy atom. The van der Waals surface area contributed by atoms with Crippen LogP contribution in [0.2, 0.25) is 0 Å². The number of benzene rings is 1. The van der Waals surface area contributed by atoms with Crippen LogP contribution < -0.4 is 10.1 Å². The molecule has 1 heterocycles. The van der Waals surface area contributed by atoms with E-state index in [-0.39, 0.29) is 23.6 Å². The van der Waals surface area contributed by atoms with Gasteiger partial charge in [-0.3, -0.25) is 0 Å². The van der Waals surface area contributed by atoms with Gasteiger partial charge in [-0.25, -0.2) is 4.39 Å². The fraction of sp³-hybridized carbons (Fsp3) is 0.538. The van der Waals surface area contributed by atoms with Gasteiger partial charge >= 0.3 is 0 Å². The van der Waals surface area contributed by atoms with Gasteiger partial charge in [-0.15, -0.1) is 0 Å². The molecule has 1 atom stereocenters. The van der Waals surface area contributed by atoms with Crippen molar-refractivity contribution in [3.05, 3.63) is 29.6 Å². The highest BCUT2D eigenvalue weighted by molar-refractivity contribution is 5.32. The maximum absolute atomic E-state index is 14.0. The van der Waals surface area contributed by atoms with Crippen LogP contribution >= 0.6 is 0 Å². The summed E-state index contributed by atoms with van der Waals surface area (Å²) in [5, 5.41) is 12.7. The first-order valence-corrected chi connectivity index (χ1v) is 5.84. The lowest BCUT2D eigenvalue weighted by Gasteiger charge is -2.26. The molecule has 1 aliphatic rings. The lowest BCUT2D eigenvalue weighted by Crippen LogP contribution is -2.31. The van der Waals surface area contributed by atoms with Crippen LogP contribution in [0.1, 0.15) is 12.0 Å². The van der Waals surface area contributed by atoms with E-state index in [2.05, 4.69) is 5.32 Å². The minimum atomic E-state index is -0.310. The van der Waals surface area contributed by atoms with Crippen LogP contribution in [0.3, 0.4) is 0 Å². The topological polar surface area (TPSA) is 41.5 Å². The number of methoxy groups -OCH3 is 1. The zero-order chi connectivity index (χ0) is 12.3. The van der Waals surface area contributed by atoms with Crippen molar-refractivity contribution in [3.8, 4) is 5.75 Å². The number of hydrogen-bond acceptors (Lipinski definition) is 3. The van der Waals surface area contributed by atoms with Crippen molar-refractivity contribution in [2.45, 2.75) is 12.8 Å². The molecule has 1 saturated heterocycles. The van der Waals surface area contributed by atoms with Gasteiger partial charge in [0, 0.05) is 12.0 Å². The monoisotopic (exact) mass is 239 g/mol. The van der Waals surface area contributed by atoms with Gasteiger partial charge < -0.3 is 15.2 Å². The van der Waals surface area contributed by atoms with Crippen LogP contribution in [0.4, 0.5) is 4.39 Å². The minimum absolute atomic E-state index is 0.0800. The van der Waals surface area contributed by atoms with Crippen molar-refractivity contribution >= 4 is 0 Å². The van der Waals surface area contributed by atoms with Crippen LogP contribution in [-0.4, -0.2) is 31.9 Å². The van der Waals surface area contributed by atoms with Gasteiger partial charge in [0.15, 0.2) is 11.6 Å². The number of nitrogens with one attached hydrogen (secondary N) is 1. The Balaban J connectivity index is 2.23. The maximum atomic E-state index is 14.0. The molecule has 1 aromatic carbocycles. The smallest absolute Gasteiger partial charge is 0.168 e. The standard InChI is InChI=1S/C13H18FNO2/c1-17-11-4-2-3-10(12(11)14)7-13(9-16)5-6-15-8-13/h2-4,15-16H,5-9H2,1H3. The number of rotatable bonds is 4. The molecule has 1 aliphatic heterocycles. The summed E-state index contributed by atoms with van der Waals surface area (Å²) in [7, 11) is 1.46. The van der Waals surface area contributed by atoms with E-state index >= 15 is 0 Å². The summed E-state index contributed by atoms with van der Waals surface area (Å²) in [4.78, 5) is 0. The van der Waals surface area contributed by atoms with E-state index in [1.54, 1.807) is 18.2 Å². The van der Waals surface area contributed by atoms with Crippen LogP contribution in [0.15, 0.2) is 18.2 Å². The van der Waals surface area contributed by atoms with Crippen LogP contribution in [-0.2, 0) is 6.42 Å². The van der Waals surface area contributed by atoms with Gasteiger partial charge in [-0.2, -0.15) is 0 Å². The van der Waals surface area contributed by atoms with E-state index < -0.39 is 0 Å². The molecule has 1 fully saturated rings. The molecule has 17 heavy (non-hydrogen) atoms. The Labute approximate surface area is 101 Å². The Hall–Kier alpha value is -1.13. The summed E-state index contributed by atoms with van der Waals surface area (Å²) in [6.45, 7) is 1.70. The normalized spacial score (nSPS) is 23.9. The highest BCUT2D eigenvalue weighted by Gasteiger charge is 2.34. The minimum Gasteiger partial charge on any atom is -0.494 e. The Morgan fingerprint density at radius 3 is 2.94 bits per heavy atom. The summed E-state index contributed by atoms with van der Waals surface area (Å²) in [5.41, 5.74) is 0.384. The van der Waals surface area contributed by atoms with E-state index in [1.165, 1.54) is 7.11 Å². The number of aliphatic hydroxyl groups is 1. The van der Waals surface area contributed by atoms with Crippen molar-refractivity contribution in [2.24, 2.45) is 5.41 Å². The fourth-order valence-corrected chi connectivity index (χ4v) is 2.39. The van der Waals surface area contributed by atoms with E-state index in [9.17, 15) is 9.50 Å². The summed E-state index contributed by atoms with van der Waals surface area (Å²) in [6.07, 6.45) is 1.42. The van der Waals surface area contributed by atoms with Crippen molar-refractivity contribution in [3.63, 3.8) is 0 Å². The molecule has 0 bridgehead atoms. The molecule has 1 aromatic rings. The molecule has 94 valence electrons. The van der Waals surface area contributed by atoms with Crippen LogP contribution in [0.25, 0.3) is 0 Å². The first-order chi connectivity index (χ1) is 8.21. The number of halogens is 1. The van der Waals surface area contributed by atoms with Crippen LogP contribution in [0.5, 0.6) is 5.75 Å². The molecule has 0 amide bonds. The SMILES string of the molecule is COc1cccc(CC2(CO)CCNC2)c1F. The Morgan fingerprint density at radius 1 is 1.53 bits per heavy atom. The van der Waals surface area contributed by atoms with Crippen LogP contribution in [0, 0.1) is 11.2 Å². The summed E-state index contributed by atoms with van der Waals surface area (Å²) < 4.78 is 19.0. The highest BCUT2D eigenvalue weighted by Crippen LogP contribution is 2.32. The molecule has 0 radical (unpaired) electrons. The van der Waals surface area contributed by atoms with E-state index in [1.807, 2.05) is 0 Å². The van der Waals surface area contributed by atoms with E-state index in [0.29, 0.717) is 12.0 Å². The molecule has 0 spiro atoms. The zero-order valence-corrected chi connectivity index (χ0v) is 10.0. The third-order valence-electron chi connectivity index (χ3n) is 3.50. The molecule has 4 heteroatoms. The average molecular weight is 239 g/mol. The molecule has 0 aliphatic carbocycles. The van der Waals surface area contributed by atoms with Crippen molar-refractivity contribution in [2.75, 3.05) is 26.8 Å². The summed E-state index contributed by atoms with van der Waals surface area (Å²) in [5.74, 6) is -0.0451. The molecule has 0 saturated carbocycles. The second kappa shape index (κ2) is 5.02. The quantitative estimate of drug-likeness (QED) is 0.833. The fourth-order valence-electron chi connectivity index (χ4n) is 2.39. The number of aliphatic hydroxyl groups excluding tert-OH is 1. The third-order valence-corrected chi connectivity index (χ3v) is 3.50. The van der Waals surface area contributed by atoms with Gasteiger partial charge in [0.2, 0.25) is 0 Å². The molecular formula is C13H18FNO2. The Bertz CT molecular complexity index is 389. The van der Waals surface area contributed by atoms with Gasteiger partial charge in [0.05, 0.1) is 13.7 Å². The average Bonchev–Trinajstić information content (AvgIpc) is 2.81. The van der Waals surface area contributed by atoms with E-state index in [4.69, 9.17) is 4.74 Å². The first-order valence-electron chi connectivity index (χ1n) is 5.84. The molecule has 0 aromatic heterocycles. The predicted molar refractivity (Wildman–Crippen MR) is 63.7 cm³/mol. The molecular weight excluding hydrogens is 221 g/mol. The van der Waals surface area contributed by atoms with Crippen molar-refractivity contribution < 1.29 is 14.2 Å². The third kappa shape index (κ3) is 2.42. The second-order valence-corrected chi connectivity index (χ2v) is 4.70. The Kier molecular flexibility index (Phi) is 3.64. The van der Waals surface area contributed by atoms with Gasteiger partial charge in [-0.05, 0) is 31.0 Å². The largest absolute Gasteiger partial charge is 0.494 e. The molecule has 2 rings (SSSR count).